The third-order valence-corrected chi connectivity index (χ3v) is 6.00. The second-order valence-electron chi connectivity index (χ2n) is 6.90. The van der Waals surface area contributed by atoms with E-state index in [4.69, 9.17) is 19.9 Å². The molecule has 7 nitrogen and oxygen atoms in total. The molecule has 0 aromatic heterocycles. The number of methoxy groups -OCH3 is 1. The summed E-state index contributed by atoms with van der Waals surface area (Å²) < 4.78 is 17.0. The van der Waals surface area contributed by atoms with Crippen molar-refractivity contribution in [3.63, 3.8) is 0 Å². The molecular formula is C18H18N4O3. The maximum absolute atomic E-state index is 10.2. The van der Waals surface area contributed by atoms with Crippen LogP contribution in [0, 0.1) is 33.5 Å². The number of amidine groups is 1. The molecule has 1 aromatic rings. The van der Waals surface area contributed by atoms with Crippen LogP contribution in [0.3, 0.4) is 0 Å². The maximum atomic E-state index is 10.2. The normalized spacial score (nSPS) is 43.9. The monoisotopic (exact) mass is 338 g/mol. The molecule has 0 unspecified atom stereocenters. The predicted octanol–water partition coefficient (Wildman–Crippen LogP) is 1.45. The second-order valence-corrected chi connectivity index (χ2v) is 6.90. The van der Waals surface area contributed by atoms with Crippen molar-refractivity contribution in [2.75, 3.05) is 13.7 Å². The summed E-state index contributed by atoms with van der Waals surface area (Å²) in [4.78, 5) is 4.32. The lowest BCUT2D eigenvalue weighted by Crippen LogP contribution is -2.42. The minimum Gasteiger partial charge on any atom is -0.497 e. The number of fused-ring (bicyclic) bond motifs is 2. The maximum Gasteiger partial charge on any atom is 0.294 e. The Hall–Kier alpha value is -2.61. The van der Waals surface area contributed by atoms with Crippen molar-refractivity contribution in [1.29, 1.82) is 10.5 Å². The van der Waals surface area contributed by atoms with E-state index in [1.807, 2.05) is 26.0 Å². The molecule has 2 fully saturated rings. The average molecular weight is 338 g/mol. The van der Waals surface area contributed by atoms with Gasteiger partial charge in [-0.2, -0.15) is 10.5 Å². The molecule has 2 heterocycles. The Labute approximate surface area is 145 Å². The van der Waals surface area contributed by atoms with Crippen molar-refractivity contribution in [2.45, 2.75) is 31.3 Å². The molecule has 0 amide bonds. The largest absolute Gasteiger partial charge is 0.497 e. The lowest BCUT2D eigenvalue weighted by Gasteiger charge is -2.30. The fourth-order valence-electron chi connectivity index (χ4n) is 4.75. The molecule has 3 aliphatic rings. The van der Waals surface area contributed by atoms with Gasteiger partial charge in [-0.15, -0.1) is 0 Å². The number of rotatable bonds is 2. The standard InChI is InChI=1S/C18H18N4O3/c1-11-8-24-18(25-11)17(10-20)15(2,16(17,9-19)14(21)22-18)12-4-6-13(23-3)7-5-12/h4-7,11H,8H2,1-3H3,(H2,21,22)/t11-,15-,16-,17+,18+/m0/s1. The van der Waals surface area contributed by atoms with Gasteiger partial charge in [0.1, 0.15) is 11.6 Å². The van der Waals surface area contributed by atoms with Crippen LogP contribution in [0.2, 0.25) is 0 Å². The number of nitrogens with two attached hydrogens (primary N) is 1. The molecule has 1 spiro atoms. The van der Waals surface area contributed by atoms with Crippen molar-refractivity contribution in [3.8, 4) is 17.9 Å². The quantitative estimate of drug-likeness (QED) is 0.873. The highest BCUT2D eigenvalue weighted by Gasteiger charge is 3.00. The number of aliphatic imine (C=N–C) groups is 1. The Morgan fingerprint density at radius 2 is 1.96 bits per heavy atom. The van der Waals surface area contributed by atoms with Gasteiger partial charge < -0.3 is 19.9 Å². The van der Waals surface area contributed by atoms with Crippen LogP contribution < -0.4 is 10.5 Å². The molecule has 1 aromatic carbocycles. The summed E-state index contributed by atoms with van der Waals surface area (Å²) in [5.41, 5.74) is 3.43. The van der Waals surface area contributed by atoms with Gasteiger partial charge in [0.05, 0.1) is 32.0 Å². The number of benzene rings is 1. The molecule has 128 valence electrons. The first-order valence-corrected chi connectivity index (χ1v) is 8.04. The Kier molecular flexibility index (Phi) is 2.87. The molecule has 25 heavy (non-hydrogen) atoms. The summed E-state index contributed by atoms with van der Waals surface area (Å²) in [5.74, 6) is -0.771. The first-order valence-electron chi connectivity index (χ1n) is 8.04. The lowest BCUT2D eigenvalue weighted by atomic mass is 9.84. The fourth-order valence-corrected chi connectivity index (χ4v) is 4.75. The molecule has 1 saturated heterocycles. The van der Waals surface area contributed by atoms with Crippen LogP contribution in [0.25, 0.3) is 0 Å². The smallest absolute Gasteiger partial charge is 0.294 e. The minimum atomic E-state index is -1.55. The third kappa shape index (κ3) is 1.34. The number of ether oxygens (including phenoxy) is 3. The molecule has 0 radical (unpaired) electrons. The van der Waals surface area contributed by atoms with E-state index in [1.54, 1.807) is 19.2 Å². The number of nitrogens with zero attached hydrogens (tertiary/aromatic N) is 3. The zero-order chi connectivity index (χ0) is 18.1. The highest BCUT2D eigenvalue weighted by atomic mass is 16.8. The summed E-state index contributed by atoms with van der Waals surface area (Å²) in [6, 6.07) is 11.9. The first-order chi connectivity index (χ1) is 11.9. The molecular weight excluding hydrogens is 320 g/mol. The van der Waals surface area contributed by atoms with Crippen LogP contribution in [0.1, 0.15) is 19.4 Å². The molecule has 1 aliphatic carbocycles. The van der Waals surface area contributed by atoms with Crippen LogP contribution in [-0.4, -0.2) is 31.6 Å². The summed E-state index contributed by atoms with van der Waals surface area (Å²) in [6.07, 6.45) is -0.239. The highest BCUT2D eigenvalue weighted by molar-refractivity contribution is 6.02. The number of hydrogen-bond acceptors (Lipinski definition) is 7. The molecule has 1 saturated carbocycles. The van der Waals surface area contributed by atoms with Gasteiger partial charge in [0.2, 0.25) is 0 Å². The summed E-state index contributed by atoms with van der Waals surface area (Å²) >= 11 is 0. The zero-order valence-electron chi connectivity index (χ0n) is 14.2. The third-order valence-electron chi connectivity index (χ3n) is 6.00. The van der Waals surface area contributed by atoms with Crippen LogP contribution in [0.4, 0.5) is 0 Å². The average Bonchev–Trinajstić information content (AvgIpc) is 2.80. The number of hydrogen-bond donors (Lipinski definition) is 1. The van der Waals surface area contributed by atoms with Crippen molar-refractivity contribution >= 4 is 5.84 Å². The van der Waals surface area contributed by atoms with E-state index in [-0.39, 0.29) is 11.9 Å². The second kappa shape index (κ2) is 4.51. The van der Waals surface area contributed by atoms with E-state index < -0.39 is 22.2 Å². The molecule has 2 N–H and O–H groups in total. The van der Waals surface area contributed by atoms with Gasteiger partial charge in [-0.1, -0.05) is 19.1 Å². The zero-order valence-corrected chi connectivity index (χ0v) is 14.2. The van der Waals surface area contributed by atoms with Crippen molar-refractivity contribution < 1.29 is 14.2 Å². The molecule has 5 atom stereocenters. The SMILES string of the molecule is COc1ccc([C@@]2(C)[C@]3(C#N)C(N)=N[C@@]4(OC[C@H](C)O4)[C@@]32C#N)cc1. The van der Waals surface area contributed by atoms with Crippen LogP contribution >= 0.6 is 0 Å². The summed E-state index contributed by atoms with van der Waals surface area (Å²) in [6.45, 7) is 3.98. The van der Waals surface area contributed by atoms with E-state index in [0.29, 0.717) is 12.4 Å². The molecule has 0 bridgehead atoms. The van der Waals surface area contributed by atoms with E-state index >= 15 is 0 Å². The van der Waals surface area contributed by atoms with Crippen molar-refractivity contribution in [3.05, 3.63) is 29.8 Å². The van der Waals surface area contributed by atoms with Crippen LogP contribution in [0.15, 0.2) is 29.3 Å². The van der Waals surface area contributed by atoms with Gasteiger partial charge in [-0.3, -0.25) is 0 Å². The van der Waals surface area contributed by atoms with E-state index in [1.165, 1.54) is 0 Å². The topological polar surface area (TPSA) is 114 Å². The predicted molar refractivity (Wildman–Crippen MR) is 87.3 cm³/mol. The highest BCUT2D eigenvalue weighted by Crippen LogP contribution is 2.85. The van der Waals surface area contributed by atoms with Gasteiger partial charge >= 0.3 is 0 Å². The summed E-state index contributed by atoms with van der Waals surface area (Å²) in [5, 5.41) is 20.2. The van der Waals surface area contributed by atoms with Gasteiger partial charge in [-0.05, 0) is 24.6 Å². The van der Waals surface area contributed by atoms with E-state index in [0.717, 1.165) is 5.56 Å². The van der Waals surface area contributed by atoms with E-state index in [9.17, 15) is 10.5 Å². The van der Waals surface area contributed by atoms with Crippen molar-refractivity contribution in [1.82, 2.24) is 0 Å². The first kappa shape index (κ1) is 15.9. The number of nitriles is 2. The minimum absolute atomic E-state index is 0.0870. The summed E-state index contributed by atoms with van der Waals surface area (Å²) in [7, 11) is 1.58. The van der Waals surface area contributed by atoms with Gasteiger partial charge in [0.25, 0.3) is 5.91 Å². The van der Waals surface area contributed by atoms with E-state index in [2.05, 4.69) is 17.1 Å². The van der Waals surface area contributed by atoms with Gasteiger partial charge in [-0.25, -0.2) is 4.99 Å². The lowest BCUT2D eigenvalue weighted by molar-refractivity contribution is -0.196. The molecule has 4 rings (SSSR count). The Morgan fingerprint density at radius 1 is 1.28 bits per heavy atom. The fraction of sp³-hybridized carbons (Fsp3) is 0.500. The molecule has 7 heteroatoms. The van der Waals surface area contributed by atoms with Gasteiger partial charge in [0.15, 0.2) is 10.8 Å². The van der Waals surface area contributed by atoms with Crippen LogP contribution in [-0.2, 0) is 14.9 Å². The Balaban J connectivity index is 1.94. The van der Waals surface area contributed by atoms with Crippen molar-refractivity contribution in [2.24, 2.45) is 21.6 Å². The van der Waals surface area contributed by atoms with Crippen LogP contribution in [0.5, 0.6) is 5.75 Å². The van der Waals surface area contributed by atoms with Gasteiger partial charge in [0, 0.05) is 5.41 Å². The molecule has 2 aliphatic heterocycles. The Bertz CT molecular complexity index is 870. The Morgan fingerprint density at radius 3 is 2.44 bits per heavy atom.